The van der Waals surface area contributed by atoms with Crippen LogP contribution in [0.2, 0.25) is 0 Å². The lowest BCUT2D eigenvalue weighted by molar-refractivity contribution is -0.135. The maximum atomic E-state index is 11.5. The second-order valence-corrected chi connectivity index (χ2v) is 4.23. The van der Waals surface area contributed by atoms with Gasteiger partial charge in [0.15, 0.2) is 0 Å². The molecule has 1 rings (SSSR count). The lowest BCUT2D eigenvalue weighted by Gasteiger charge is -2.14. The van der Waals surface area contributed by atoms with Gasteiger partial charge in [-0.25, -0.2) is 0 Å². The monoisotopic (exact) mass is 279 g/mol. The van der Waals surface area contributed by atoms with Crippen LogP contribution in [0.3, 0.4) is 0 Å². The third kappa shape index (κ3) is 5.49. The van der Waals surface area contributed by atoms with Crippen molar-refractivity contribution in [2.24, 2.45) is 0 Å². The van der Waals surface area contributed by atoms with E-state index in [-0.39, 0.29) is 12.5 Å². The summed E-state index contributed by atoms with van der Waals surface area (Å²) >= 11 is 3.26. The fourth-order valence-electron chi connectivity index (χ4n) is 1.49. The Morgan fingerprint density at radius 2 is 1.80 bits per heavy atom. The zero-order chi connectivity index (χ0) is 10.9. The molecule has 4 nitrogen and oxygen atoms in total. The van der Waals surface area contributed by atoms with Gasteiger partial charge in [0.1, 0.15) is 6.61 Å². The third-order valence-electron chi connectivity index (χ3n) is 2.28. The molecule has 1 heterocycles. The molecule has 0 aromatic rings. The summed E-state index contributed by atoms with van der Waals surface area (Å²) in [4.78, 5) is 13.3. The highest BCUT2D eigenvalue weighted by Gasteiger charge is 2.17. The minimum Gasteiger partial charge on any atom is -0.378 e. The number of alkyl halides is 1. The quantitative estimate of drug-likeness (QED) is 0.516. The Labute approximate surface area is 99.0 Å². The Bertz CT molecular complexity index is 184. The molecule has 0 aromatic heterocycles. The number of nitrogens with zero attached hydrogens (tertiary/aromatic N) is 1. The number of rotatable bonds is 7. The third-order valence-corrected chi connectivity index (χ3v) is 2.60. The molecule has 0 atom stereocenters. The fraction of sp³-hybridized carbons (Fsp3) is 0.900. The smallest absolute Gasteiger partial charge is 0.248 e. The molecule has 0 bridgehead atoms. The van der Waals surface area contributed by atoms with Crippen LogP contribution in [-0.2, 0) is 14.3 Å². The van der Waals surface area contributed by atoms with Gasteiger partial charge >= 0.3 is 0 Å². The molecule has 1 aliphatic rings. The Morgan fingerprint density at radius 3 is 2.47 bits per heavy atom. The molecule has 0 radical (unpaired) electrons. The topological polar surface area (TPSA) is 38.8 Å². The van der Waals surface area contributed by atoms with Crippen LogP contribution < -0.4 is 0 Å². The summed E-state index contributed by atoms with van der Waals surface area (Å²) in [5.41, 5.74) is 0. The van der Waals surface area contributed by atoms with E-state index in [1.807, 2.05) is 4.90 Å². The summed E-state index contributed by atoms with van der Waals surface area (Å²) < 4.78 is 10.4. The van der Waals surface area contributed by atoms with Gasteiger partial charge in [-0.15, -0.1) is 0 Å². The van der Waals surface area contributed by atoms with Crippen LogP contribution in [0.15, 0.2) is 0 Å². The Hall–Kier alpha value is -0.130. The number of hydrogen-bond donors (Lipinski definition) is 0. The van der Waals surface area contributed by atoms with E-state index in [0.29, 0.717) is 19.8 Å². The molecule has 0 N–H and O–H groups in total. The first kappa shape index (κ1) is 12.9. The van der Waals surface area contributed by atoms with Crippen molar-refractivity contribution >= 4 is 21.8 Å². The van der Waals surface area contributed by atoms with Crippen molar-refractivity contribution in [1.82, 2.24) is 4.90 Å². The first-order chi connectivity index (χ1) is 7.34. The average Bonchev–Trinajstić information content (AvgIpc) is 2.76. The number of carbonyl (C=O) groups is 1. The van der Waals surface area contributed by atoms with Gasteiger partial charge in [-0.1, -0.05) is 15.9 Å². The second-order valence-electron chi connectivity index (χ2n) is 3.44. The van der Waals surface area contributed by atoms with E-state index < -0.39 is 0 Å². The van der Waals surface area contributed by atoms with Gasteiger partial charge < -0.3 is 14.4 Å². The Balaban J connectivity index is 1.92. The normalized spacial score (nSPS) is 15.9. The number of ether oxygens (including phenoxy) is 2. The molecule has 0 aliphatic carbocycles. The highest BCUT2D eigenvalue weighted by molar-refractivity contribution is 9.09. The zero-order valence-corrected chi connectivity index (χ0v) is 10.5. The van der Waals surface area contributed by atoms with Crippen molar-refractivity contribution in [3.63, 3.8) is 0 Å². The molecule has 0 aromatic carbocycles. The summed E-state index contributed by atoms with van der Waals surface area (Å²) in [6, 6.07) is 0. The average molecular weight is 280 g/mol. The van der Waals surface area contributed by atoms with Gasteiger partial charge in [-0.3, -0.25) is 4.79 Å². The number of hydrogen-bond acceptors (Lipinski definition) is 3. The van der Waals surface area contributed by atoms with Crippen LogP contribution >= 0.6 is 15.9 Å². The van der Waals surface area contributed by atoms with E-state index in [4.69, 9.17) is 9.47 Å². The molecule has 0 saturated carbocycles. The van der Waals surface area contributed by atoms with Crippen molar-refractivity contribution in [1.29, 1.82) is 0 Å². The first-order valence-electron chi connectivity index (χ1n) is 5.34. The van der Waals surface area contributed by atoms with Crippen LogP contribution in [-0.4, -0.2) is 55.7 Å². The molecule has 0 unspecified atom stereocenters. The Kier molecular flexibility index (Phi) is 6.96. The molecule has 0 spiro atoms. The number of carbonyl (C=O) groups excluding carboxylic acids is 1. The minimum atomic E-state index is 0.105. The van der Waals surface area contributed by atoms with Crippen LogP contribution in [0.4, 0.5) is 0 Å². The minimum absolute atomic E-state index is 0.105. The number of likely N-dealkylation sites (tertiary alicyclic amines) is 1. The molecule has 1 amide bonds. The highest BCUT2D eigenvalue weighted by Crippen LogP contribution is 2.07. The van der Waals surface area contributed by atoms with Gasteiger partial charge in [0.25, 0.3) is 0 Å². The maximum absolute atomic E-state index is 11.5. The largest absolute Gasteiger partial charge is 0.378 e. The van der Waals surface area contributed by atoms with E-state index in [1.165, 1.54) is 0 Å². The summed E-state index contributed by atoms with van der Waals surface area (Å²) in [5.74, 6) is 0.105. The SMILES string of the molecule is O=C(COCCOCCBr)N1CCCC1. The van der Waals surface area contributed by atoms with E-state index in [9.17, 15) is 4.79 Å². The number of amides is 1. The van der Waals surface area contributed by atoms with E-state index >= 15 is 0 Å². The lowest BCUT2D eigenvalue weighted by Crippen LogP contribution is -2.31. The lowest BCUT2D eigenvalue weighted by atomic mass is 10.4. The predicted octanol–water partition coefficient (Wildman–Crippen LogP) is 1.04. The summed E-state index contributed by atoms with van der Waals surface area (Å²) in [6.07, 6.45) is 2.25. The summed E-state index contributed by atoms with van der Waals surface area (Å²) in [5, 5.41) is 0.833. The van der Waals surface area contributed by atoms with Gasteiger partial charge in [0.05, 0.1) is 19.8 Å². The fourth-order valence-corrected chi connectivity index (χ4v) is 1.72. The highest BCUT2D eigenvalue weighted by atomic mass is 79.9. The van der Waals surface area contributed by atoms with Crippen molar-refractivity contribution in [2.45, 2.75) is 12.8 Å². The molecule has 88 valence electrons. The van der Waals surface area contributed by atoms with E-state index in [0.717, 1.165) is 31.3 Å². The number of halogens is 1. The molecule has 1 aliphatic heterocycles. The molecule has 5 heteroatoms. The van der Waals surface area contributed by atoms with Crippen LogP contribution in [0.5, 0.6) is 0 Å². The molecule has 1 saturated heterocycles. The van der Waals surface area contributed by atoms with Crippen molar-refractivity contribution in [2.75, 3.05) is 44.8 Å². The van der Waals surface area contributed by atoms with Gasteiger partial charge in [0, 0.05) is 18.4 Å². The van der Waals surface area contributed by atoms with Crippen LogP contribution in [0.25, 0.3) is 0 Å². The van der Waals surface area contributed by atoms with Crippen molar-refractivity contribution in [3.05, 3.63) is 0 Å². The van der Waals surface area contributed by atoms with E-state index in [1.54, 1.807) is 0 Å². The summed E-state index contributed by atoms with van der Waals surface area (Å²) in [6.45, 7) is 3.71. The Morgan fingerprint density at radius 1 is 1.13 bits per heavy atom. The molecule has 1 fully saturated rings. The van der Waals surface area contributed by atoms with Gasteiger partial charge in [-0.05, 0) is 12.8 Å². The molecular weight excluding hydrogens is 262 g/mol. The molecular formula is C10H18BrNO3. The van der Waals surface area contributed by atoms with E-state index in [2.05, 4.69) is 15.9 Å². The molecule has 15 heavy (non-hydrogen) atoms. The van der Waals surface area contributed by atoms with Crippen LogP contribution in [0.1, 0.15) is 12.8 Å². The van der Waals surface area contributed by atoms with Crippen LogP contribution in [0, 0.1) is 0 Å². The van der Waals surface area contributed by atoms with Gasteiger partial charge in [-0.2, -0.15) is 0 Å². The standard InChI is InChI=1S/C10H18BrNO3/c11-3-6-14-7-8-15-9-10(13)12-4-1-2-5-12/h1-9H2. The second kappa shape index (κ2) is 8.07. The maximum Gasteiger partial charge on any atom is 0.248 e. The predicted molar refractivity (Wildman–Crippen MR) is 61.2 cm³/mol. The first-order valence-corrected chi connectivity index (χ1v) is 6.46. The van der Waals surface area contributed by atoms with Crippen molar-refractivity contribution in [3.8, 4) is 0 Å². The zero-order valence-electron chi connectivity index (χ0n) is 8.91. The van der Waals surface area contributed by atoms with Crippen molar-refractivity contribution < 1.29 is 14.3 Å². The van der Waals surface area contributed by atoms with Gasteiger partial charge in [0.2, 0.25) is 5.91 Å². The summed E-state index contributed by atoms with van der Waals surface area (Å²) in [7, 11) is 0.